The Morgan fingerprint density at radius 3 is 1.69 bits per heavy atom. The molecule has 0 saturated carbocycles. The van der Waals surface area contributed by atoms with Gasteiger partial charge in [-0.25, -0.2) is 0 Å². The fraction of sp³-hybridized carbons (Fsp3) is 0.250. The monoisotopic (exact) mass is 561 g/mol. The minimum absolute atomic E-state index is 0.0853. The molecule has 216 valence electrons. The number of carbonyl (C=O) groups excluding carboxylic acids is 1. The van der Waals surface area contributed by atoms with Gasteiger partial charge in [0.05, 0.1) is 14.2 Å². The summed E-state index contributed by atoms with van der Waals surface area (Å²) in [5, 5.41) is 3.25. The van der Waals surface area contributed by atoms with E-state index in [2.05, 4.69) is 27.4 Å². The smallest absolute Gasteiger partial charge is 0.244 e. The highest BCUT2D eigenvalue weighted by Gasteiger charge is 2.12. The van der Waals surface area contributed by atoms with Crippen molar-refractivity contribution in [3.8, 4) is 11.5 Å². The first-order valence-electron chi connectivity index (χ1n) is 14.4. The van der Waals surface area contributed by atoms with Crippen LogP contribution in [0, 0.1) is 0 Å². The van der Waals surface area contributed by atoms with E-state index in [0.29, 0.717) is 0 Å². The van der Waals surface area contributed by atoms with E-state index in [9.17, 15) is 4.79 Å². The van der Waals surface area contributed by atoms with Gasteiger partial charge in [0.25, 0.3) is 0 Å². The van der Waals surface area contributed by atoms with Crippen molar-refractivity contribution in [3.05, 3.63) is 138 Å². The molecule has 2 aromatic carbocycles. The van der Waals surface area contributed by atoms with Crippen molar-refractivity contribution in [1.82, 2.24) is 15.3 Å². The Balaban J connectivity index is 1.43. The third kappa shape index (κ3) is 9.73. The highest BCUT2D eigenvalue weighted by Crippen LogP contribution is 2.27. The summed E-state index contributed by atoms with van der Waals surface area (Å²) in [5.41, 5.74) is 5.47. The Labute approximate surface area is 249 Å². The number of hydrogen-bond donors (Lipinski definition) is 1. The highest BCUT2D eigenvalue weighted by molar-refractivity contribution is 5.89. The highest BCUT2D eigenvalue weighted by atomic mass is 16.5. The second-order valence-corrected chi connectivity index (χ2v) is 10.1. The molecule has 0 bridgehead atoms. The first-order valence-corrected chi connectivity index (χ1v) is 14.4. The molecule has 0 aliphatic heterocycles. The van der Waals surface area contributed by atoms with Crippen LogP contribution in [0.2, 0.25) is 0 Å². The number of nitrogens with zero attached hydrogens (tertiary/aromatic N) is 2. The molecule has 2 aromatic heterocycles. The third-order valence-electron chi connectivity index (χ3n) is 7.14. The maximum absolute atomic E-state index is 13.1. The lowest BCUT2D eigenvalue weighted by Crippen LogP contribution is -2.33. The van der Waals surface area contributed by atoms with Crippen molar-refractivity contribution in [2.24, 2.45) is 0 Å². The van der Waals surface area contributed by atoms with Gasteiger partial charge in [-0.05, 0) is 103 Å². The van der Waals surface area contributed by atoms with E-state index in [1.807, 2.05) is 85.2 Å². The number of pyridine rings is 2. The van der Waals surface area contributed by atoms with Gasteiger partial charge in [0.2, 0.25) is 5.91 Å². The number of hydrogen-bond acceptors (Lipinski definition) is 5. The lowest BCUT2D eigenvalue weighted by atomic mass is 9.97. The standard InChI is InChI=1S/C36H39N3O3/c1-41-33-20-16-30(17-21-33)35(31-18-22-34(42-2)23-19-31)14-5-15-36(40)39-32(12-3-8-28-10-6-24-37-26-28)13-4-9-29-11-7-25-38-27-29/h5-7,10-11,14-27,32H,3-4,8-9,12-13H2,1-2H3,(H,39,40)/b15-5+. The van der Waals surface area contributed by atoms with Crippen molar-refractivity contribution in [2.45, 2.75) is 44.6 Å². The van der Waals surface area contributed by atoms with Crippen LogP contribution in [-0.2, 0) is 17.6 Å². The molecule has 0 saturated heterocycles. The summed E-state index contributed by atoms with van der Waals surface area (Å²) < 4.78 is 10.7. The molecular weight excluding hydrogens is 522 g/mol. The Morgan fingerprint density at radius 1 is 0.762 bits per heavy atom. The number of benzene rings is 2. The number of methoxy groups -OCH3 is 2. The van der Waals surface area contributed by atoms with E-state index in [1.54, 1.807) is 32.7 Å². The van der Waals surface area contributed by atoms with Crippen molar-refractivity contribution < 1.29 is 14.3 Å². The van der Waals surface area contributed by atoms with Crippen LogP contribution < -0.4 is 14.8 Å². The molecule has 4 rings (SSSR count). The summed E-state index contributed by atoms with van der Waals surface area (Å²) in [6.45, 7) is 0. The quantitative estimate of drug-likeness (QED) is 0.125. The van der Waals surface area contributed by atoms with Gasteiger partial charge in [0, 0.05) is 36.9 Å². The van der Waals surface area contributed by atoms with Gasteiger partial charge in [-0.1, -0.05) is 48.6 Å². The topological polar surface area (TPSA) is 73.3 Å². The van der Waals surface area contributed by atoms with Crippen molar-refractivity contribution >= 4 is 11.5 Å². The molecule has 0 aliphatic carbocycles. The van der Waals surface area contributed by atoms with E-state index in [-0.39, 0.29) is 11.9 Å². The zero-order valence-electron chi connectivity index (χ0n) is 24.4. The normalized spacial score (nSPS) is 10.9. The number of carbonyl (C=O) groups is 1. The van der Waals surface area contributed by atoms with Crippen LogP contribution in [0.5, 0.6) is 11.5 Å². The van der Waals surface area contributed by atoms with Crippen LogP contribution in [0.15, 0.2) is 116 Å². The van der Waals surface area contributed by atoms with E-state index < -0.39 is 0 Å². The molecule has 6 nitrogen and oxygen atoms in total. The van der Waals surface area contributed by atoms with E-state index in [4.69, 9.17) is 9.47 Å². The molecule has 0 spiro atoms. The lowest BCUT2D eigenvalue weighted by Gasteiger charge is -2.18. The fourth-order valence-electron chi connectivity index (χ4n) is 4.87. The molecule has 4 aromatic rings. The number of aromatic nitrogens is 2. The van der Waals surface area contributed by atoms with E-state index >= 15 is 0 Å². The first-order chi connectivity index (χ1) is 20.6. The van der Waals surface area contributed by atoms with Crippen LogP contribution in [-0.4, -0.2) is 36.1 Å². The zero-order valence-corrected chi connectivity index (χ0v) is 24.4. The van der Waals surface area contributed by atoms with Crippen LogP contribution in [0.1, 0.15) is 47.9 Å². The van der Waals surface area contributed by atoms with Crippen molar-refractivity contribution in [2.75, 3.05) is 14.2 Å². The first kappa shape index (κ1) is 30.3. The van der Waals surface area contributed by atoms with E-state index in [1.165, 1.54) is 11.1 Å². The summed E-state index contributed by atoms with van der Waals surface area (Å²) in [6.07, 6.45) is 18.5. The molecule has 0 atom stereocenters. The second-order valence-electron chi connectivity index (χ2n) is 10.1. The Bertz CT molecular complexity index is 1320. The zero-order chi connectivity index (χ0) is 29.4. The maximum Gasteiger partial charge on any atom is 0.244 e. The average Bonchev–Trinajstić information content (AvgIpc) is 3.04. The van der Waals surface area contributed by atoms with Crippen LogP contribution in [0.4, 0.5) is 0 Å². The van der Waals surface area contributed by atoms with Gasteiger partial charge in [-0.15, -0.1) is 0 Å². The van der Waals surface area contributed by atoms with Gasteiger partial charge < -0.3 is 14.8 Å². The number of rotatable bonds is 15. The largest absolute Gasteiger partial charge is 0.497 e. The third-order valence-corrected chi connectivity index (χ3v) is 7.14. The summed E-state index contributed by atoms with van der Waals surface area (Å²) in [4.78, 5) is 21.5. The number of nitrogens with one attached hydrogen (secondary N) is 1. The molecule has 1 amide bonds. The van der Waals surface area contributed by atoms with Gasteiger partial charge in [0.1, 0.15) is 11.5 Å². The minimum atomic E-state index is -0.0946. The molecule has 1 N–H and O–H groups in total. The molecule has 0 fully saturated rings. The number of aryl methyl sites for hydroxylation is 2. The lowest BCUT2D eigenvalue weighted by molar-refractivity contribution is -0.117. The predicted octanol–water partition coefficient (Wildman–Crippen LogP) is 7.01. The summed E-state index contributed by atoms with van der Waals surface area (Å²) >= 11 is 0. The fourth-order valence-corrected chi connectivity index (χ4v) is 4.87. The molecule has 0 unspecified atom stereocenters. The second kappa shape index (κ2) is 16.5. The number of ether oxygens (including phenoxy) is 2. The summed E-state index contributed by atoms with van der Waals surface area (Å²) in [6, 6.07) is 24.0. The van der Waals surface area contributed by atoms with Gasteiger partial charge in [-0.3, -0.25) is 14.8 Å². The molecule has 6 heteroatoms. The molecule has 42 heavy (non-hydrogen) atoms. The molecule has 0 aliphatic rings. The Morgan fingerprint density at radius 2 is 1.26 bits per heavy atom. The number of amides is 1. The van der Waals surface area contributed by atoms with Crippen molar-refractivity contribution in [1.29, 1.82) is 0 Å². The van der Waals surface area contributed by atoms with E-state index in [0.717, 1.165) is 66.7 Å². The molecule has 2 heterocycles. The molecular formula is C36H39N3O3. The Kier molecular flexibility index (Phi) is 11.9. The molecule has 0 radical (unpaired) electrons. The average molecular weight is 562 g/mol. The minimum Gasteiger partial charge on any atom is -0.497 e. The van der Waals surface area contributed by atoms with Gasteiger partial charge in [0.15, 0.2) is 0 Å². The van der Waals surface area contributed by atoms with Gasteiger partial charge in [-0.2, -0.15) is 0 Å². The number of allylic oxidation sites excluding steroid dienone is 2. The van der Waals surface area contributed by atoms with Crippen molar-refractivity contribution in [3.63, 3.8) is 0 Å². The predicted molar refractivity (Wildman–Crippen MR) is 168 cm³/mol. The Hall–Kier alpha value is -4.71. The van der Waals surface area contributed by atoms with Crippen LogP contribution in [0.3, 0.4) is 0 Å². The van der Waals surface area contributed by atoms with Crippen LogP contribution >= 0.6 is 0 Å². The van der Waals surface area contributed by atoms with Crippen LogP contribution in [0.25, 0.3) is 5.57 Å². The SMILES string of the molecule is COc1ccc(C(=C/C=C/C(=O)NC(CCCc2cccnc2)CCCc2cccnc2)c2ccc(OC)cc2)cc1. The summed E-state index contributed by atoms with van der Waals surface area (Å²) in [7, 11) is 3.31. The maximum atomic E-state index is 13.1. The summed E-state index contributed by atoms with van der Waals surface area (Å²) in [5.74, 6) is 1.49. The van der Waals surface area contributed by atoms with Gasteiger partial charge >= 0.3 is 0 Å².